The smallest absolute Gasteiger partial charge is 0.196 e. The van der Waals surface area contributed by atoms with Crippen LogP contribution in [0, 0.1) is 56.7 Å². The Morgan fingerprint density at radius 2 is 1.12 bits per heavy atom. The first-order valence-electron chi connectivity index (χ1n) is 6.84. The molecule has 7 heteroatoms. The quantitative estimate of drug-likeness (QED) is 0.614. The van der Waals surface area contributed by atoms with Gasteiger partial charge in [0.2, 0.25) is 0 Å². The monoisotopic (exact) mass is 337 g/mol. The van der Waals surface area contributed by atoms with Crippen molar-refractivity contribution in [1.29, 1.82) is 26.3 Å². The minimum atomic E-state index is -0.401. The molecule has 0 aromatic heterocycles. The van der Waals surface area contributed by atoms with Crippen LogP contribution in [0.5, 0.6) is 0 Å². The number of nitriles is 5. The van der Waals surface area contributed by atoms with E-state index in [2.05, 4.69) is 0 Å². The van der Waals surface area contributed by atoms with Crippen molar-refractivity contribution in [1.82, 2.24) is 0 Å². The molecule has 1 aromatic rings. The highest BCUT2D eigenvalue weighted by atomic mass is 16.1. The molecule has 0 spiro atoms. The Balaban J connectivity index is 0.000000289. The molecule has 0 aliphatic heterocycles. The fraction of sp³-hybridized carbons (Fsp3) is 0. The van der Waals surface area contributed by atoms with Crippen molar-refractivity contribution in [3.63, 3.8) is 0 Å². The van der Waals surface area contributed by atoms with Gasteiger partial charge in [-0.1, -0.05) is 24.3 Å². The van der Waals surface area contributed by atoms with Crippen molar-refractivity contribution in [2.75, 3.05) is 0 Å². The van der Waals surface area contributed by atoms with E-state index in [0.29, 0.717) is 10.4 Å². The molecule has 2 rings (SSSR count). The molecule has 0 heterocycles. The molecule has 120 valence electrons. The third-order valence-electron chi connectivity index (χ3n) is 2.98. The highest BCUT2D eigenvalue weighted by Gasteiger charge is 2.11. The highest BCUT2D eigenvalue weighted by Crippen LogP contribution is 2.02. The lowest BCUT2D eigenvalue weighted by Gasteiger charge is -1.94. The summed E-state index contributed by atoms with van der Waals surface area (Å²) in [6.45, 7) is 0. The number of allylic oxidation sites excluding steroid dienone is 4. The summed E-state index contributed by atoms with van der Waals surface area (Å²) in [5.74, 6) is -0.710. The Morgan fingerprint density at radius 3 is 1.42 bits per heavy atom. The van der Waals surface area contributed by atoms with Crippen molar-refractivity contribution in [3.05, 3.63) is 58.5 Å². The van der Waals surface area contributed by atoms with Gasteiger partial charge in [0.25, 0.3) is 0 Å². The van der Waals surface area contributed by atoms with E-state index in [0.717, 1.165) is 18.2 Å². The Kier molecular flexibility index (Phi) is 6.96. The van der Waals surface area contributed by atoms with Gasteiger partial charge in [0.15, 0.2) is 11.6 Å². The summed E-state index contributed by atoms with van der Waals surface area (Å²) in [4.78, 5) is 21.2. The van der Waals surface area contributed by atoms with Crippen molar-refractivity contribution >= 4 is 22.7 Å². The topological polar surface area (TPSA) is 153 Å². The Morgan fingerprint density at radius 1 is 0.692 bits per heavy atom. The summed E-state index contributed by atoms with van der Waals surface area (Å²) >= 11 is 0. The van der Waals surface area contributed by atoms with Crippen LogP contribution in [-0.4, -0.2) is 11.6 Å². The van der Waals surface area contributed by atoms with Gasteiger partial charge in [-0.25, -0.2) is 0 Å². The molecule has 0 N–H and O–H groups in total. The Labute approximate surface area is 148 Å². The number of rotatable bonds is 0. The van der Waals surface area contributed by atoms with Crippen LogP contribution in [0.1, 0.15) is 0 Å². The minimum absolute atomic E-state index is 0.00187. The summed E-state index contributed by atoms with van der Waals surface area (Å²) in [5.41, 5.74) is -0.0865. The summed E-state index contributed by atoms with van der Waals surface area (Å²) in [6, 6.07) is 14.8. The molecule has 7 nitrogen and oxygen atoms in total. The molecule has 0 unspecified atom stereocenters. The molecule has 0 atom stereocenters. The van der Waals surface area contributed by atoms with E-state index in [1.54, 1.807) is 30.3 Å². The summed E-state index contributed by atoms with van der Waals surface area (Å²) in [5, 5.41) is 43.7. The van der Waals surface area contributed by atoms with Crippen molar-refractivity contribution in [2.24, 2.45) is 0 Å². The van der Waals surface area contributed by atoms with E-state index in [-0.39, 0.29) is 22.5 Å². The van der Waals surface area contributed by atoms with Gasteiger partial charge < -0.3 is 0 Å². The van der Waals surface area contributed by atoms with Crippen molar-refractivity contribution in [2.45, 2.75) is 0 Å². The average molecular weight is 337 g/mol. The molecule has 26 heavy (non-hydrogen) atoms. The maximum Gasteiger partial charge on any atom is 0.196 e. The van der Waals surface area contributed by atoms with E-state index in [1.807, 2.05) is 0 Å². The third-order valence-corrected chi connectivity index (χ3v) is 2.98. The van der Waals surface area contributed by atoms with Crippen molar-refractivity contribution in [3.8, 4) is 30.3 Å². The zero-order chi connectivity index (χ0) is 19.5. The SMILES string of the molecule is N#CC(C#N)=c1ccc(=C(C#N)C#N)cc1.N#CC1=CC(=O)C=CC1=O. The predicted molar refractivity (Wildman–Crippen MR) is 87.8 cm³/mol. The number of hydrogen-bond donors (Lipinski definition) is 0. The molecule has 0 radical (unpaired) electrons. The van der Waals surface area contributed by atoms with Crippen LogP contribution in [0.2, 0.25) is 0 Å². The number of ketones is 2. The minimum Gasteiger partial charge on any atom is -0.290 e. The van der Waals surface area contributed by atoms with E-state index in [1.165, 1.54) is 24.3 Å². The van der Waals surface area contributed by atoms with E-state index < -0.39 is 5.78 Å². The van der Waals surface area contributed by atoms with Crippen LogP contribution < -0.4 is 10.4 Å². The molecular weight excluding hydrogens is 330 g/mol. The van der Waals surface area contributed by atoms with E-state index in [4.69, 9.17) is 26.3 Å². The number of benzene rings is 1. The largest absolute Gasteiger partial charge is 0.290 e. The van der Waals surface area contributed by atoms with Crippen LogP contribution in [0.15, 0.2) is 48.1 Å². The van der Waals surface area contributed by atoms with Crippen molar-refractivity contribution < 1.29 is 9.59 Å². The lowest BCUT2D eigenvalue weighted by molar-refractivity contribution is -0.114. The molecule has 0 saturated carbocycles. The second kappa shape index (κ2) is 9.39. The fourth-order valence-electron chi connectivity index (χ4n) is 1.71. The summed E-state index contributed by atoms with van der Waals surface area (Å²) in [7, 11) is 0. The number of hydrogen-bond acceptors (Lipinski definition) is 7. The van der Waals surface area contributed by atoms with Gasteiger partial charge in [0, 0.05) is 16.5 Å². The summed E-state index contributed by atoms with van der Waals surface area (Å²) < 4.78 is 0. The van der Waals surface area contributed by atoms with Gasteiger partial charge in [-0.3, -0.25) is 9.59 Å². The molecule has 0 bridgehead atoms. The molecular formula is C19H7N5O2. The second-order valence-electron chi connectivity index (χ2n) is 4.54. The standard InChI is InChI=1S/C12H4N4.C7H3NO2/c13-5-11(6-14)9-1-2-10(4-3-9)12(7-15)8-16;8-4-5-3-6(9)1-2-7(5)10/h1-4H;1-3H. The predicted octanol–water partition coefficient (Wildman–Crippen LogP) is 0.227. The molecule has 1 aliphatic rings. The molecule has 1 aromatic carbocycles. The van der Waals surface area contributed by atoms with E-state index >= 15 is 0 Å². The van der Waals surface area contributed by atoms with E-state index in [9.17, 15) is 9.59 Å². The average Bonchev–Trinajstić information content (AvgIpc) is 2.67. The van der Waals surface area contributed by atoms with Gasteiger partial charge in [-0.15, -0.1) is 0 Å². The van der Waals surface area contributed by atoms with Gasteiger partial charge in [0.05, 0.1) is 0 Å². The zero-order valence-electron chi connectivity index (χ0n) is 13.1. The van der Waals surface area contributed by atoms with Crippen LogP contribution in [-0.2, 0) is 9.59 Å². The number of nitrogens with zero attached hydrogens (tertiary/aromatic N) is 5. The molecule has 1 aliphatic carbocycles. The Bertz CT molecular complexity index is 1050. The Hall–Kier alpha value is -4.77. The van der Waals surface area contributed by atoms with Crippen LogP contribution >= 0.6 is 0 Å². The van der Waals surface area contributed by atoms with Gasteiger partial charge in [-0.2, -0.15) is 26.3 Å². The first-order valence-corrected chi connectivity index (χ1v) is 6.84. The fourth-order valence-corrected chi connectivity index (χ4v) is 1.71. The first-order chi connectivity index (χ1) is 12.5. The molecule has 0 fully saturated rings. The molecule has 0 amide bonds. The number of carbonyl (C=O) groups excluding carboxylic acids is 2. The molecule has 0 saturated heterocycles. The maximum absolute atomic E-state index is 10.6. The lowest BCUT2D eigenvalue weighted by Crippen LogP contribution is -2.11. The van der Waals surface area contributed by atoms with Gasteiger partial charge >= 0.3 is 0 Å². The lowest BCUT2D eigenvalue weighted by atomic mass is 10.1. The number of carbonyl (C=O) groups is 2. The van der Waals surface area contributed by atoms with Gasteiger partial charge in [-0.05, 0) is 12.2 Å². The summed E-state index contributed by atoms with van der Waals surface area (Å²) in [6.07, 6.45) is 3.27. The van der Waals surface area contributed by atoms with Crippen LogP contribution in [0.3, 0.4) is 0 Å². The normalized spacial score (nSPS) is 11.1. The van der Waals surface area contributed by atoms with Gasteiger partial charge in [0.1, 0.15) is 47.1 Å². The van der Waals surface area contributed by atoms with Crippen LogP contribution in [0.25, 0.3) is 11.1 Å². The second-order valence-corrected chi connectivity index (χ2v) is 4.54. The third kappa shape index (κ3) is 4.87. The zero-order valence-corrected chi connectivity index (χ0v) is 13.1. The maximum atomic E-state index is 10.6. The van der Waals surface area contributed by atoms with Crippen LogP contribution in [0.4, 0.5) is 0 Å². The highest BCUT2D eigenvalue weighted by molar-refractivity contribution is 6.19. The first kappa shape index (κ1) is 19.3.